The molecule has 0 unspecified atom stereocenters. The van der Waals surface area contributed by atoms with Gasteiger partial charge in [-0.1, -0.05) is 18.2 Å². The molecule has 0 aliphatic carbocycles. The third-order valence-electron chi connectivity index (χ3n) is 3.33. The highest BCUT2D eigenvalue weighted by Crippen LogP contribution is 2.22. The van der Waals surface area contributed by atoms with Crippen LogP contribution in [0.4, 0.5) is 10.2 Å². The standard InChI is InChI=1S/C17H16FN3O/c1-12-4-2-7-15-16(12)17(21-11-20-15)19-8-9-22-14-6-3-5-13(18)10-14/h2-7,10-11H,8-9H2,1H3,(H,19,20,21). The lowest BCUT2D eigenvalue weighted by Gasteiger charge is -2.11. The van der Waals surface area contributed by atoms with Crippen LogP contribution in [0.2, 0.25) is 0 Å². The molecule has 0 atom stereocenters. The minimum Gasteiger partial charge on any atom is -0.492 e. The minimum absolute atomic E-state index is 0.303. The summed E-state index contributed by atoms with van der Waals surface area (Å²) in [6.07, 6.45) is 1.54. The molecule has 1 aromatic heterocycles. The number of rotatable bonds is 5. The number of hydrogen-bond acceptors (Lipinski definition) is 4. The van der Waals surface area contributed by atoms with Crippen molar-refractivity contribution in [2.24, 2.45) is 0 Å². The quantitative estimate of drug-likeness (QED) is 0.731. The largest absolute Gasteiger partial charge is 0.492 e. The zero-order valence-corrected chi connectivity index (χ0v) is 12.2. The van der Waals surface area contributed by atoms with Crippen molar-refractivity contribution >= 4 is 16.7 Å². The van der Waals surface area contributed by atoms with E-state index >= 15 is 0 Å². The summed E-state index contributed by atoms with van der Waals surface area (Å²) in [5, 5.41) is 4.25. The maximum Gasteiger partial charge on any atom is 0.137 e. The summed E-state index contributed by atoms with van der Waals surface area (Å²) in [6, 6.07) is 12.1. The molecule has 0 radical (unpaired) electrons. The molecular weight excluding hydrogens is 281 g/mol. The Labute approximate surface area is 128 Å². The van der Waals surface area contributed by atoms with E-state index in [-0.39, 0.29) is 5.82 Å². The van der Waals surface area contributed by atoms with Gasteiger partial charge in [0, 0.05) is 11.5 Å². The highest BCUT2D eigenvalue weighted by atomic mass is 19.1. The molecule has 0 bridgehead atoms. The SMILES string of the molecule is Cc1cccc2ncnc(NCCOc3cccc(F)c3)c12. The maximum atomic E-state index is 13.0. The molecule has 0 aliphatic rings. The summed E-state index contributed by atoms with van der Waals surface area (Å²) < 4.78 is 18.6. The van der Waals surface area contributed by atoms with Crippen molar-refractivity contribution in [1.29, 1.82) is 0 Å². The lowest BCUT2D eigenvalue weighted by Crippen LogP contribution is -2.13. The first-order valence-electron chi connectivity index (χ1n) is 7.06. The molecule has 3 rings (SSSR count). The molecule has 1 heterocycles. The van der Waals surface area contributed by atoms with Gasteiger partial charge < -0.3 is 10.1 Å². The zero-order chi connectivity index (χ0) is 15.4. The number of anilines is 1. The van der Waals surface area contributed by atoms with Crippen LogP contribution in [0.3, 0.4) is 0 Å². The number of fused-ring (bicyclic) bond motifs is 1. The zero-order valence-electron chi connectivity index (χ0n) is 12.2. The molecule has 5 heteroatoms. The monoisotopic (exact) mass is 297 g/mol. The molecule has 3 aromatic rings. The van der Waals surface area contributed by atoms with Crippen molar-refractivity contribution in [2.75, 3.05) is 18.5 Å². The van der Waals surface area contributed by atoms with E-state index < -0.39 is 0 Å². The van der Waals surface area contributed by atoms with Gasteiger partial charge in [0.05, 0.1) is 12.1 Å². The van der Waals surface area contributed by atoms with Crippen LogP contribution in [0.5, 0.6) is 5.75 Å². The Morgan fingerprint density at radius 1 is 1.14 bits per heavy atom. The van der Waals surface area contributed by atoms with Crippen LogP contribution in [0, 0.1) is 12.7 Å². The summed E-state index contributed by atoms with van der Waals surface area (Å²) in [7, 11) is 0. The molecule has 2 aromatic carbocycles. The molecular formula is C17H16FN3O. The average molecular weight is 297 g/mol. The van der Waals surface area contributed by atoms with Gasteiger partial charge in [-0.25, -0.2) is 14.4 Å². The number of aromatic nitrogens is 2. The van der Waals surface area contributed by atoms with Gasteiger partial charge in [0.2, 0.25) is 0 Å². The van der Waals surface area contributed by atoms with Gasteiger partial charge in [-0.3, -0.25) is 0 Å². The number of nitrogens with one attached hydrogen (secondary N) is 1. The van der Waals surface area contributed by atoms with E-state index in [1.54, 1.807) is 12.1 Å². The van der Waals surface area contributed by atoms with Gasteiger partial charge in [-0.05, 0) is 30.7 Å². The third kappa shape index (κ3) is 3.14. The molecule has 0 amide bonds. The van der Waals surface area contributed by atoms with Crippen molar-refractivity contribution < 1.29 is 9.13 Å². The van der Waals surface area contributed by atoms with E-state index in [9.17, 15) is 4.39 Å². The number of nitrogens with zero attached hydrogens (tertiary/aromatic N) is 2. The fourth-order valence-electron chi connectivity index (χ4n) is 2.31. The van der Waals surface area contributed by atoms with E-state index in [2.05, 4.69) is 15.3 Å². The van der Waals surface area contributed by atoms with Crippen LogP contribution < -0.4 is 10.1 Å². The number of ether oxygens (including phenoxy) is 1. The summed E-state index contributed by atoms with van der Waals surface area (Å²) in [4.78, 5) is 8.55. The number of benzene rings is 2. The van der Waals surface area contributed by atoms with Crippen LogP contribution in [0.15, 0.2) is 48.8 Å². The fourth-order valence-corrected chi connectivity index (χ4v) is 2.31. The molecule has 1 N–H and O–H groups in total. The molecule has 4 nitrogen and oxygen atoms in total. The summed E-state index contributed by atoms with van der Waals surface area (Å²) in [6.45, 7) is 3.01. The van der Waals surface area contributed by atoms with E-state index in [1.165, 1.54) is 18.5 Å². The van der Waals surface area contributed by atoms with Crippen LogP contribution in [-0.2, 0) is 0 Å². The highest BCUT2D eigenvalue weighted by Gasteiger charge is 2.05. The first kappa shape index (κ1) is 14.3. The third-order valence-corrected chi connectivity index (χ3v) is 3.33. The van der Waals surface area contributed by atoms with Gasteiger partial charge in [-0.15, -0.1) is 0 Å². The molecule has 0 saturated heterocycles. The van der Waals surface area contributed by atoms with Crippen molar-refractivity contribution in [2.45, 2.75) is 6.92 Å². The van der Waals surface area contributed by atoms with Gasteiger partial charge in [-0.2, -0.15) is 0 Å². The summed E-state index contributed by atoms with van der Waals surface area (Å²) >= 11 is 0. The van der Waals surface area contributed by atoms with E-state index in [4.69, 9.17) is 4.74 Å². The van der Waals surface area contributed by atoms with E-state index in [0.717, 1.165) is 22.3 Å². The van der Waals surface area contributed by atoms with Crippen LogP contribution in [-0.4, -0.2) is 23.1 Å². The smallest absolute Gasteiger partial charge is 0.137 e. The van der Waals surface area contributed by atoms with Crippen LogP contribution in [0.25, 0.3) is 10.9 Å². The topological polar surface area (TPSA) is 47.0 Å². The Hall–Kier alpha value is -2.69. The molecule has 112 valence electrons. The molecule has 22 heavy (non-hydrogen) atoms. The lowest BCUT2D eigenvalue weighted by atomic mass is 10.1. The number of hydrogen-bond donors (Lipinski definition) is 1. The van der Waals surface area contributed by atoms with Crippen molar-refractivity contribution in [1.82, 2.24) is 9.97 Å². The van der Waals surface area contributed by atoms with Crippen molar-refractivity contribution in [3.63, 3.8) is 0 Å². The van der Waals surface area contributed by atoms with Gasteiger partial charge in [0.25, 0.3) is 0 Å². The maximum absolute atomic E-state index is 13.0. The van der Waals surface area contributed by atoms with Crippen molar-refractivity contribution in [3.8, 4) is 5.75 Å². The Bertz CT molecular complexity index is 786. The Kier molecular flexibility index (Phi) is 4.14. The normalized spacial score (nSPS) is 10.6. The Morgan fingerprint density at radius 3 is 2.86 bits per heavy atom. The average Bonchev–Trinajstić information content (AvgIpc) is 2.52. The van der Waals surface area contributed by atoms with Gasteiger partial charge in [0.15, 0.2) is 0 Å². The second-order valence-corrected chi connectivity index (χ2v) is 4.92. The minimum atomic E-state index is -0.303. The van der Waals surface area contributed by atoms with E-state index in [1.807, 2.05) is 25.1 Å². The van der Waals surface area contributed by atoms with Gasteiger partial charge >= 0.3 is 0 Å². The summed E-state index contributed by atoms with van der Waals surface area (Å²) in [5.74, 6) is 0.999. The Morgan fingerprint density at radius 2 is 2.00 bits per heavy atom. The number of aryl methyl sites for hydroxylation is 1. The molecule has 0 spiro atoms. The molecule has 0 saturated carbocycles. The predicted molar refractivity (Wildman–Crippen MR) is 84.7 cm³/mol. The predicted octanol–water partition coefficient (Wildman–Crippen LogP) is 3.57. The first-order valence-corrected chi connectivity index (χ1v) is 7.06. The molecule has 0 aliphatic heterocycles. The summed E-state index contributed by atoms with van der Waals surface area (Å²) in [5.41, 5.74) is 2.02. The molecule has 0 fully saturated rings. The van der Waals surface area contributed by atoms with Crippen LogP contribution in [0.1, 0.15) is 5.56 Å². The van der Waals surface area contributed by atoms with E-state index in [0.29, 0.717) is 18.9 Å². The second-order valence-electron chi connectivity index (χ2n) is 4.92. The van der Waals surface area contributed by atoms with Gasteiger partial charge in [0.1, 0.15) is 30.3 Å². The fraction of sp³-hybridized carbons (Fsp3) is 0.176. The second kappa shape index (κ2) is 6.39. The first-order chi connectivity index (χ1) is 10.7. The Balaban J connectivity index is 1.65. The highest BCUT2D eigenvalue weighted by molar-refractivity contribution is 5.91. The van der Waals surface area contributed by atoms with Crippen LogP contribution >= 0.6 is 0 Å². The number of halogens is 1. The lowest BCUT2D eigenvalue weighted by molar-refractivity contribution is 0.331. The van der Waals surface area contributed by atoms with Crippen molar-refractivity contribution in [3.05, 3.63) is 60.2 Å².